The molecule has 0 radical (unpaired) electrons. The molecule has 0 unspecified atom stereocenters. The van der Waals surface area contributed by atoms with E-state index in [4.69, 9.17) is 0 Å². The highest BCUT2D eigenvalue weighted by Crippen LogP contribution is 2.28. The van der Waals surface area contributed by atoms with Crippen LogP contribution >= 0.6 is 0 Å². The van der Waals surface area contributed by atoms with E-state index in [1.807, 2.05) is 48.5 Å². The van der Waals surface area contributed by atoms with Crippen molar-refractivity contribution in [1.29, 1.82) is 0 Å². The Morgan fingerprint density at radius 2 is 1.80 bits per heavy atom. The van der Waals surface area contributed by atoms with E-state index in [0.29, 0.717) is 17.1 Å². The summed E-state index contributed by atoms with van der Waals surface area (Å²) in [5.41, 5.74) is 0.296. The van der Waals surface area contributed by atoms with Gasteiger partial charge in [0.25, 0.3) is 0 Å². The highest BCUT2D eigenvalue weighted by molar-refractivity contribution is 7.89. The van der Waals surface area contributed by atoms with Crippen LogP contribution < -0.4 is 4.72 Å². The van der Waals surface area contributed by atoms with Gasteiger partial charge in [-0.25, -0.2) is 13.1 Å². The molecule has 1 aromatic rings. The van der Waals surface area contributed by atoms with Gasteiger partial charge in [0.2, 0.25) is 10.0 Å². The number of nitrogens with zero attached hydrogens (tertiary/aromatic N) is 2. The molecule has 0 atom stereocenters. The third-order valence-electron chi connectivity index (χ3n) is 2.91. The number of nitrogens with one attached hydrogen (secondary N) is 1. The molecule has 1 heterocycles. The molecule has 0 amide bonds. The molecule has 0 bridgehead atoms. The van der Waals surface area contributed by atoms with Gasteiger partial charge in [0.15, 0.2) is 0 Å². The second-order valence-corrected chi connectivity index (χ2v) is 8.65. The molecule has 0 saturated carbocycles. The van der Waals surface area contributed by atoms with Crippen molar-refractivity contribution in [2.75, 3.05) is 6.54 Å². The van der Waals surface area contributed by atoms with Gasteiger partial charge in [0.1, 0.15) is 4.90 Å². The molecule has 1 rings (SSSR count). The highest BCUT2D eigenvalue weighted by atomic mass is 32.2. The number of rotatable bonds is 5. The van der Waals surface area contributed by atoms with Crippen molar-refractivity contribution in [3.05, 3.63) is 11.9 Å². The maximum atomic E-state index is 12.5. The van der Waals surface area contributed by atoms with Gasteiger partial charge < -0.3 is 0 Å². The van der Waals surface area contributed by atoms with Gasteiger partial charge in [-0.3, -0.25) is 4.68 Å². The van der Waals surface area contributed by atoms with Crippen LogP contribution in [0.25, 0.3) is 0 Å². The van der Waals surface area contributed by atoms with E-state index < -0.39 is 10.0 Å². The minimum Gasteiger partial charge on any atom is -0.269 e. The van der Waals surface area contributed by atoms with Crippen LogP contribution in [0.3, 0.4) is 0 Å². The molecule has 0 aliphatic rings. The molecule has 1 aromatic heterocycles. The Morgan fingerprint density at radius 1 is 1.25 bits per heavy atom. The van der Waals surface area contributed by atoms with Gasteiger partial charge in [0, 0.05) is 24.2 Å². The monoisotopic (exact) mass is 301 g/mol. The van der Waals surface area contributed by atoms with E-state index in [9.17, 15) is 8.42 Å². The highest BCUT2D eigenvalue weighted by Gasteiger charge is 2.30. The fourth-order valence-corrected chi connectivity index (χ4v) is 3.27. The zero-order valence-corrected chi connectivity index (χ0v) is 14.4. The number of hydrogen-bond donors (Lipinski definition) is 1. The number of hydrogen-bond acceptors (Lipinski definition) is 3. The Kier molecular flexibility index (Phi) is 5.03. The maximum absolute atomic E-state index is 12.5. The molecule has 6 heteroatoms. The summed E-state index contributed by atoms with van der Waals surface area (Å²) in [4.78, 5) is 0.291. The van der Waals surface area contributed by atoms with Crippen molar-refractivity contribution in [2.24, 2.45) is 5.92 Å². The first-order valence-corrected chi connectivity index (χ1v) is 8.52. The van der Waals surface area contributed by atoms with Crippen LogP contribution in [0.2, 0.25) is 0 Å². The predicted molar refractivity (Wildman–Crippen MR) is 81.3 cm³/mol. The second kappa shape index (κ2) is 5.85. The van der Waals surface area contributed by atoms with Crippen LogP contribution in [0.5, 0.6) is 0 Å². The van der Waals surface area contributed by atoms with E-state index in [1.54, 1.807) is 10.9 Å². The predicted octanol–water partition coefficient (Wildman–Crippen LogP) is 2.70. The summed E-state index contributed by atoms with van der Waals surface area (Å²) in [5, 5.41) is 4.47. The standard InChI is InChI=1S/C14H27N3O2S/c1-10(2)8-15-20(18,19)12-9-17(11(3)4)16-13(12)14(5,6)7/h9-11,15H,8H2,1-7H3. The topological polar surface area (TPSA) is 64.0 Å². The van der Waals surface area contributed by atoms with E-state index in [1.165, 1.54) is 0 Å². The first-order valence-electron chi connectivity index (χ1n) is 7.04. The van der Waals surface area contributed by atoms with Crippen molar-refractivity contribution in [3.8, 4) is 0 Å². The Bertz CT molecular complexity index is 551. The normalized spacial score (nSPS) is 13.4. The van der Waals surface area contributed by atoms with E-state index in [0.717, 1.165) is 0 Å². The quantitative estimate of drug-likeness (QED) is 0.909. The summed E-state index contributed by atoms with van der Waals surface area (Å²) < 4.78 is 29.3. The van der Waals surface area contributed by atoms with Gasteiger partial charge in [-0.15, -0.1) is 0 Å². The Balaban J connectivity index is 3.28. The maximum Gasteiger partial charge on any atom is 0.244 e. The van der Waals surface area contributed by atoms with Crippen molar-refractivity contribution in [3.63, 3.8) is 0 Å². The van der Waals surface area contributed by atoms with Crippen LogP contribution in [0.1, 0.15) is 60.2 Å². The van der Waals surface area contributed by atoms with E-state index >= 15 is 0 Å². The summed E-state index contributed by atoms with van der Waals surface area (Å²) in [7, 11) is -3.52. The summed E-state index contributed by atoms with van der Waals surface area (Å²) in [6.07, 6.45) is 1.63. The summed E-state index contributed by atoms with van der Waals surface area (Å²) in [5.74, 6) is 0.267. The van der Waals surface area contributed by atoms with E-state index in [-0.39, 0.29) is 17.4 Å². The molecule has 5 nitrogen and oxygen atoms in total. The third-order valence-corrected chi connectivity index (χ3v) is 4.33. The van der Waals surface area contributed by atoms with Crippen molar-refractivity contribution >= 4 is 10.0 Å². The van der Waals surface area contributed by atoms with Crippen LogP contribution in [0.15, 0.2) is 11.1 Å². The zero-order chi connectivity index (χ0) is 15.7. The zero-order valence-electron chi connectivity index (χ0n) is 13.6. The smallest absolute Gasteiger partial charge is 0.244 e. The molecule has 0 fully saturated rings. The fourth-order valence-electron chi connectivity index (χ4n) is 1.71. The average Bonchev–Trinajstić information content (AvgIpc) is 2.71. The third kappa shape index (κ3) is 4.06. The lowest BCUT2D eigenvalue weighted by Gasteiger charge is -2.18. The van der Waals surface area contributed by atoms with Crippen LogP contribution in [-0.4, -0.2) is 24.7 Å². The van der Waals surface area contributed by atoms with Gasteiger partial charge >= 0.3 is 0 Å². The summed E-state index contributed by atoms with van der Waals surface area (Å²) >= 11 is 0. The molecule has 116 valence electrons. The first kappa shape index (κ1) is 17.2. The molecule has 0 saturated heterocycles. The Labute approximate surface area is 122 Å². The lowest BCUT2D eigenvalue weighted by molar-refractivity contribution is 0.493. The minimum atomic E-state index is -3.52. The Morgan fingerprint density at radius 3 is 2.20 bits per heavy atom. The fraction of sp³-hybridized carbons (Fsp3) is 0.786. The molecular formula is C14H27N3O2S. The lowest BCUT2D eigenvalue weighted by Crippen LogP contribution is -2.29. The molecule has 20 heavy (non-hydrogen) atoms. The van der Waals surface area contributed by atoms with Gasteiger partial charge in [-0.1, -0.05) is 34.6 Å². The lowest BCUT2D eigenvalue weighted by atomic mass is 9.92. The SMILES string of the molecule is CC(C)CNS(=O)(=O)c1cn(C(C)C)nc1C(C)(C)C. The largest absolute Gasteiger partial charge is 0.269 e. The van der Waals surface area contributed by atoms with Crippen LogP contribution in [0.4, 0.5) is 0 Å². The number of sulfonamides is 1. The molecular weight excluding hydrogens is 274 g/mol. The minimum absolute atomic E-state index is 0.130. The van der Waals surface area contributed by atoms with Crippen LogP contribution in [-0.2, 0) is 15.4 Å². The van der Waals surface area contributed by atoms with Crippen LogP contribution in [0, 0.1) is 5.92 Å². The average molecular weight is 301 g/mol. The first-order chi connectivity index (χ1) is 8.95. The molecule has 0 aliphatic carbocycles. The van der Waals surface area contributed by atoms with Gasteiger partial charge in [-0.2, -0.15) is 5.10 Å². The van der Waals surface area contributed by atoms with E-state index in [2.05, 4.69) is 9.82 Å². The molecule has 0 aliphatic heterocycles. The summed E-state index contributed by atoms with van der Waals surface area (Å²) in [6.45, 7) is 14.3. The molecule has 1 N–H and O–H groups in total. The van der Waals surface area contributed by atoms with Crippen molar-refractivity contribution < 1.29 is 8.42 Å². The van der Waals surface area contributed by atoms with Gasteiger partial charge in [0.05, 0.1) is 5.69 Å². The molecule has 0 spiro atoms. The molecule has 0 aromatic carbocycles. The number of aromatic nitrogens is 2. The summed E-state index contributed by atoms with van der Waals surface area (Å²) in [6, 6.07) is 0.130. The van der Waals surface area contributed by atoms with Crippen molar-refractivity contribution in [1.82, 2.24) is 14.5 Å². The second-order valence-electron chi connectivity index (χ2n) is 6.91. The van der Waals surface area contributed by atoms with Gasteiger partial charge in [-0.05, 0) is 19.8 Å². The Hall–Kier alpha value is -0.880. The van der Waals surface area contributed by atoms with Crippen molar-refractivity contribution in [2.45, 2.75) is 64.8 Å².